The molecule has 0 fully saturated rings. The lowest BCUT2D eigenvalue weighted by molar-refractivity contribution is 0.288. The summed E-state index contributed by atoms with van der Waals surface area (Å²) >= 11 is 1.60. The van der Waals surface area contributed by atoms with Crippen molar-refractivity contribution >= 4 is 11.8 Å². The first-order chi connectivity index (χ1) is 14.7. The van der Waals surface area contributed by atoms with Crippen LogP contribution < -0.4 is 4.74 Å². The zero-order chi connectivity index (χ0) is 20.8. The summed E-state index contributed by atoms with van der Waals surface area (Å²) in [6.07, 6.45) is 5.47. The molecular formula is C22H20FN5OS. The van der Waals surface area contributed by atoms with Crippen LogP contribution in [0, 0.1) is 5.82 Å². The second-order valence-electron chi connectivity index (χ2n) is 6.45. The molecular weight excluding hydrogens is 401 g/mol. The van der Waals surface area contributed by atoms with Gasteiger partial charge in [-0.1, -0.05) is 30.0 Å². The van der Waals surface area contributed by atoms with Crippen molar-refractivity contribution in [1.29, 1.82) is 0 Å². The molecule has 0 saturated carbocycles. The lowest BCUT2D eigenvalue weighted by atomic mass is 10.2. The van der Waals surface area contributed by atoms with Gasteiger partial charge in [-0.05, 0) is 48.0 Å². The van der Waals surface area contributed by atoms with Crippen LogP contribution in [0.25, 0.3) is 5.69 Å². The first kappa shape index (κ1) is 19.9. The van der Waals surface area contributed by atoms with E-state index in [1.807, 2.05) is 33.6 Å². The predicted molar refractivity (Wildman–Crippen MR) is 114 cm³/mol. The van der Waals surface area contributed by atoms with Crippen molar-refractivity contribution in [1.82, 2.24) is 24.5 Å². The zero-order valence-electron chi connectivity index (χ0n) is 16.2. The molecule has 2 heterocycles. The quantitative estimate of drug-likeness (QED) is 0.291. The van der Waals surface area contributed by atoms with Gasteiger partial charge in [-0.2, -0.15) is 5.10 Å². The minimum atomic E-state index is -0.298. The van der Waals surface area contributed by atoms with Gasteiger partial charge in [0.25, 0.3) is 0 Å². The van der Waals surface area contributed by atoms with Crippen LogP contribution >= 0.6 is 11.8 Å². The number of thioether (sulfide) groups is 1. The Hall–Kier alpha value is -3.39. The average molecular weight is 422 g/mol. The van der Waals surface area contributed by atoms with E-state index in [2.05, 4.69) is 34.0 Å². The maximum absolute atomic E-state index is 13.0. The molecule has 0 saturated heterocycles. The summed E-state index contributed by atoms with van der Waals surface area (Å²) in [5, 5.41) is 13.6. The van der Waals surface area contributed by atoms with Crippen molar-refractivity contribution in [3.8, 4) is 11.4 Å². The fraction of sp³-hybridized carbons (Fsp3) is 0.136. The van der Waals surface area contributed by atoms with Gasteiger partial charge in [-0.3, -0.25) is 4.57 Å². The van der Waals surface area contributed by atoms with Crippen molar-refractivity contribution in [2.75, 3.05) is 0 Å². The molecule has 8 heteroatoms. The van der Waals surface area contributed by atoms with E-state index in [1.165, 1.54) is 17.7 Å². The van der Waals surface area contributed by atoms with Crippen molar-refractivity contribution in [2.45, 2.75) is 24.1 Å². The molecule has 0 aliphatic heterocycles. The summed E-state index contributed by atoms with van der Waals surface area (Å²) < 4.78 is 22.5. The van der Waals surface area contributed by atoms with E-state index in [1.54, 1.807) is 36.2 Å². The summed E-state index contributed by atoms with van der Waals surface area (Å²) in [6.45, 7) is 4.64. The maximum atomic E-state index is 13.0. The topological polar surface area (TPSA) is 57.8 Å². The third-order valence-corrected chi connectivity index (χ3v) is 5.40. The van der Waals surface area contributed by atoms with E-state index in [4.69, 9.17) is 4.74 Å². The normalized spacial score (nSPS) is 10.8. The lowest BCUT2D eigenvalue weighted by Crippen LogP contribution is -2.07. The first-order valence-electron chi connectivity index (χ1n) is 9.36. The molecule has 0 aliphatic carbocycles. The Morgan fingerprint density at radius 1 is 1.07 bits per heavy atom. The Bertz CT molecular complexity index is 1090. The van der Waals surface area contributed by atoms with Crippen LogP contribution in [0.4, 0.5) is 4.39 Å². The summed E-state index contributed by atoms with van der Waals surface area (Å²) in [6, 6.07) is 16.0. The fourth-order valence-electron chi connectivity index (χ4n) is 2.84. The highest BCUT2D eigenvalue weighted by Crippen LogP contribution is 2.23. The van der Waals surface area contributed by atoms with E-state index in [0.29, 0.717) is 18.1 Å². The van der Waals surface area contributed by atoms with Crippen LogP contribution in [0.15, 0.2) is 84.8 Å². The number of rotatable bonds is 9. The van der Waals surface area contributed by atoms with Gasteiger partial charge in [0, 0.05) is 24.7 Å². The SMILES string of the molecule is C=CCn1c(COc2ccc(F)cc2)nnc1SCc1ccc(-n2cccn2)cc1. The Labute approximate surface area is 178 Å². The van der Waals surface area contributed by atoms with Crippen molar-refractivity contribution < 1.29 is 9.13 Å². The van der Waals surface area contributed by atoms with Gasteiger partial charge in [0.1, 0.15) is 18.2 Å². The first-order valence-corrected chi connectivity index (χ1v) is 10.3. The average Bonchev–Trinajstić information content (AvgIpc) is 3.43. The van der Waals surface area contributed by atoms with Crippen LogP contribution in [0.1, 0.15) is 11.4 Å². The minimum Gasteiger partial charge on any atom is -0.486 e. The Balaban J connectivity index is 1.41. The monoisotopic (exact) mass is 421 g/mol. The van der Waals surface area contributed by atoms with Crippen molar-refractivity contribution in [3.05, 3.63) is 96.9 Å². The predicted octanol–water partition coefficient (Wildman–Crippen LogP) is 4.66. The van der Waals surface area contributed by atoms with Crippen LogP contribution in [0.3, 0.4) is 0 Å². The molecule has 2 aromatic heterocycles. The Kier molecular flexibility index (Phi) is 6.24. The van der Waals surface area contributed by atoms with Crippen LogP contribution in [-0.4, -0.2) is 24.5 Å². The number of ether oxygens (including phenoxy) is 1. The molecule has 6 nitrogen and oxygen atoms in total. The van der Waals surface area contributed by atoms with Gasteiger partial charge in [0.15, 0.2) is 11.0 Å². The number of hydrogen-bond donors (Lipinski definition) is 0. The minimum absolute atomic E-state index is 0.242. The largest absolute Gasteiger partial charge is 0.486 e. The molecule has 0 aliphatic rings. The third-order valence-electron chi connectivity index (χ3n) is 4.36. The Morgan fingerprint density at radius 2 is 1.87 bits per heavy atom. The Morgan fingerprint density at radius 3 is 2.57 bits per heavy atom. The van der Waals surface area contributed by atoms with Gasteiger partial charge in [-0.25, -0.2) is 9.07 Å². The van der Waals surface area contributed by atoms with Crippen molar-refractivity contribution in [2.24, 2.45) is 0 Å². The van der Waals surface area contributed by atoms with Gasteiger partial charge in [0.05, 0.1) is 5.69 Å². The number of hydrogen-bond acceptors (Lipinski definition) is 5. The fourth-order valence-corrected chi connectivity index (χ4v) is 3.76. The number of halogens is 1. The summed E-state index contributed by atoms with van der Waals surface area (Å²) in [5.74, 6) is 1.73. The van der Waals surface area contributed by atoms with E-state index in [0.717, 1.165) is 16.6 Å². The van der Waals surface area contributed by atoms with E-state index < -0.39 is 0 Å². The number of benzene rings is 2. The summed E-state index contributed by atoms with van der Waals surface area (Å²) in [5.41, 5.74) is 2.19. The molecule has 0 N–H and O–H groups in total. The molecule has 152 valence electrons. The second kappa shape index (κ2) is 9.41. The van der Waals surface area contributed by atoms with E-state index in [-0.39, 0.29) is 12.4 Å². The number of allylic oxidation sites excluding steroid dienone is 1. The molecule has 0 spiro atoms. The summed E-state index contributed by atoms with van der Waals surface area (Å²) in [4.78, 5) is 0. The van der Waals surface area contributed by atoms with Gasteiger partial charge < -0.3 is 4.74 Å². The molecule has 0 bridgehead atoms. The molecule has 0 unspecified atom stereocenters. The number of aromatic nitrogens is 5. The highest BCUT2D eigenvalue weighted by molar-refractivity contribution is 7.98. The standard InChI is InChI=1S/C22H20FN5OS/c1-2-13-27-21(15-29-20-10-6-18(23)7-11-20)25-26-22(27)30-16-17-4-8-19(9-5-17)28-14-3-12-24-28/h2-12,14H,1,13,15-16H2. The van der Waals surface area contributed by atoms with Crippen LogP contribution in [0.5, 0.6) is 5.75 Å². The summed E-state index contributed by atoms with van der Waals surface area (Å²) in [7, 11) is 0. The number of nitrogens with zero attached hydrogens (tertiary/aromatic N) is 5. The molecule has 4 aromatic rings. The van der Waals surface area contributed by atoms with E-state index in [9.17, 15) is 4.39 Å². The van der Waals surface area contributed by atoms with Crippen LogP contribution in [-0.2, 0) is 18.9 Å². The molecule has 0 radical (unpaired) electrons. The van der Waals surface area contributed by atoms with Crippen LogP contribution in [0.2, 0.25) is 0 Å². The van der Waals surface area contributed by atoms with E-state index >= 15 is 0 Å². The highest BCUT2D eigenvalue weighted by atomic mass is 32.2. The molecule has 4 rings (SSSR count). The highest BCUT2D eigenvalue weighted by Gasteiger charge is 2.13. The lowest BCUT2D eigenvalue weighted by Gasteiger charge is -2.09. The second-order valence-corrected chi connectivity index (χ2v) is 7.39. The van der Waals surface area contributed by atoms with Gasteiger partial charge >= 0.3 is 0 Å². The molecule has 30 heavy (non-hydrogen) atoms. The smallest absolute Gasteiger partial charge is 0.191 e. The molecule has 2 aromatic carbocycles. The molecule has 0 amide bonds. The van der Waals surface area contributed by atoms with Crippen molar-refractivity contribution in [3.63, 3.8) is 0 Å². The van der Waals surface area contributed by atoms with Gasteiger partial charge in [-0.15, -0.1) is 16.8 Å². The third kappa shape index (κ3) is 4.77. The van der Waals surface area contributed by atoms with Gasteiger partial charge in [0.2, 0.25) is 0 Å². The maximum Gasteiger partial charge on any atom is 0.191 e. The molecule has 0 atom stereocenters. The zero-order valence-corrected chi connectivity index (χ0v) is 17.0.